The van der Waals surface area contributed by atoms with Crippen molar-refractivity contribution < 1.29 is 4.42 Å². The summed E-state index contributed by atoms with van der Waals surface area (Å²) >= 11 is 0. The van der Waals surface area contributed by atoms with Gasteiger partial charge in [0.05, 0.1) is 10.9 Å². The number of benzene rings is 1. The third kappa shape index (κ3) is 2.29. The molecule has 0 fully saturated rings. The molecule has 1 aromatic heterocycles. The van der Waals surface area contributed by atoms with Crippen LogP contribution in [0.25, 0.3) is 10.9 Å². The summed E-state index contributed by atoms with van der Waals surface area (Å²) in [5.74, 6) is -0.601. The summed E-state index contributed by atoms with van der Waals surface area (Å²) in [5.41, 5.74) is 0.0438. The molecule has 2 rings (SSSR count). The van der Waals surface area contributed by atoms with Crippen molar-refractivity contribution in [1.29, 1.82) is 0 Å². The molecular weight excluding hydrogens is 220 g/mol. The van der Waals surface area contributed by atoms with Crippen LogP contribution in [0.5, 0.6) is 0 Å². The molecule has 0 radical (unpaired) electrons. The fourth-order valence-corrected chi connectivity index (χ4v) is 1.68. The van der Waals surface area contributed by atoms with E-state index in [2.05, 4.69) is 4.42 Å². The van der Waals surface area contributed by atoms with Crippen molar-refractivity contribution in [2.75, 3.05) is 20.6 Å². The monoisotopic (exact) mass is 234 g/mol. The van der Waals surface area contributed by atoms with Gasteiger partial charge in [-0.1, -0.05) is 12.1 Å². The molecule has 0 unspecified atom stereocenters. The minimum Gasteiger partial charge on any atom is -0.372 e. The topological polar surface area (TPSA) is 55.5 Å². The number of aromatic nitrogens is 1. The maximum absolute atomic E-state index is 11.6. The first kappa shape index (κ1) is 11.6. The number of nitrogens with zero attached hydrogens (tertiary/aromatic N) is 2. The second-order valence-corrected chi connectivity index (χ2v) is 4.13. The average Bonchev–Trinajstić information content (AvgIpc) is 2.28. The third-order valence-corrected chi connectivity index (χ3v) is 2.59. The molecule has 90 valence electrons. The predicted octanol–water partition coefficient (Wildman–Crippen LogP) is 0.516. The average molecular weight is 234 g/mol. The highest BCUT2D eigenvalue weighted by Crippen LogP contribution is 2.06. The molecule has 0 saturated heterocycles. The summed E-state index contributed by atoms with van der Waals surface area (Å²) < 4.78 is 6.17. The number of likely N-dealkylation sites (N-methyl/N-ethyl adjacent to an activating group) is 1. The molecular formula is C12H14N2O3. The minimum absolute atomic E-state index is 0.436. The number of fused-ring (bicyclic) bond motifs is 1. The van der Waals surface area contributed by atoms with Gasteiger partial charge in [-0.05, 0) is 26.2 Å². The SMILES string of the molecule is CN(C)CCn1c(=O)oc(=O)c2ccccc21. The van der Waals surface area contributed by atoms with E-state index < -0.39 is 11.4 Å². The highest BCUT2D eigenvalue weighted by Gasteiger charge is 2.08. The second-order valence-electron chi connectivity index (χ2n) is 4.13. The summed E-state index contributed by atoms with van der Waals surface area (Å²) in [7, 11) is 3.85. The van der Waals surface area contributed by atoms with E-state index in [1.165, 1.54) is 4.57 Å². The molecule has 2 aromatic rings. The largest absolute Gasteiger partial charge is 0.422 e. The standard InChI is InChI=1S/C12H14N2O3/c1-13(2)7-8-14-10-6-4-3-5-9(10)11(15)17-12(14)16/h3-6H,7-8H2,1-2H3. The Bertz CT molecular complexity index is 640. The first-order valence-corrected chi connectivity index (χ1v) is 5.37. The molecule has 0 bridgehead atoms. The Morgan fingerprint density at radius 1 is 1.24 bits per heavy atom. The van der Waals surface area contributed by atoms with Gasteiger partial charge in [-0.3, -0.25) is 4.57 Å². The van der Waals surface area contributed by atoms with E-state index in [1.807, 2.05) is 19.0 Å². The van der Waals surface area contributed by atoms with Gasteiger partial charge in [0.15, 0.2) is 0 Å². The summed E-state index contributed by atoms with van der Waals surface area (Å²) in [6.07, 6.45) is 0. The molecule has 5 heteroatoms. The Labute approximate surface area is 97.9 Å². The zero-order valence-electron chi connectivity index (χ0n) is 9.84. The van der Waals surface area contributed by atoms with Gasteiger partial charge in [-0.15, -0.1) is 0 Å². The Hall–Kier alpha value is -1.88. The van der Waals surface area contributed by atoms with E-state index in [-0.39, 0.29) is 0 Å². The van der Waals surface area contributed by atoms with Gasteiger partial charge in [0, 0.05) is 13.1 Å². The number of rotatable bonds is 3. The van der Waals surface area contributed by atoms with Gasteiger partial charge in [0.1, 0.15) is 0 Å². The van der Waals surface area contributed by atoms with Crippen LogP contribution in [-0.2, 0) is 6.54 Å². The fourth-order valence-electron chi connectivity index (χ4n) is 1.68. The Morgan fingerprint density at radius 3 is 2.65 bits per heavy atom. The van der Waals surface area contributed by atoms with E-state index in [0.717, 1.165) is 0 Å². The maximum Gasteiger partial charge on any atom is 0.422 e. The van der Waals surface area contributed by atoms with Crippen LogP contribution < -0.4 is 11.4 Å². The summed E-state index contributed by atoms with van der Waals surface area (Å²) in [5, 5.41) is 0.436. The van der Waals surface area contributed by atoms with Crippen molar-refractivity contribution in [3.63, 3.8) is 0 Å². The highest BCUT2D eigenvalue weighted by molar-refractivity contribution is 5.77. The first-order chi connectivity index (χ1) is 8.09. The van der Waals surface area contributed by atoms with Crippen molar-refractivity contribution in [3.05, 3.63) is 45.2 Å². The fraction of sp³-hybridized carbons (Fsp3) is 0.333. The van der Waals surface area contributed by atoms with Gasteiger partial charge < -0.3 is 9.32 Å². The molecule has 0 amide bonds. The second kappa shape index (κ2) is 4.55. The molecule has 0 atom stereocenters. The first-order valence-electron chi connectivity index (χ1n) is 5.37. The summed E-state index contributed by atoms with van der Waals surface area (Å²) in [4.78, 5) is 25.1. The lowest BCUT2D eigenvalue weighted by molar-refractivity contribution is 0.355. The van der Waals surface area contributed by atoms with E-state index in [0.29, 0.717) is 24.0 Å². The van der Waals surface area contributed by atoms with E-state index in [4.69, 9.17) is 0 Å². The number of hydrogen-bond donors (Lipinski definition) is 0. The van der Waals surface area contributed by atoms with Crippen LogP contribution in [0.1, 0.15) is 0 Å². The predicted molar refractivity (Wildman–Crippen MR) is 65.3 cm³/mol. The smallest absolute Gasteiger partial charge is 0.372 e. The van der Waals surface area contributed by atoms with Gasteiger partial charge in [0.2, 0.25) is 0 Å². The molecule has 1 heterocycles. The van der Waals surface area contributed by atoms with Crippen molar-refractivity contribution in [1.82, 2.24) is 9.47 Å². The maximum atomic E-state index is 11.6. The van der Waals surface area contributed by atoms with Gasteiger partial charge in [0.25, 0.3) is 0 Å². The van der Waals surface area contributed by atoms with Crippen molar-refractivity contribution >= 4 is 10.9 Å². The van der Waals surface area contributed by atoms with E-state index in [9.17, 15) is 9.59 Å². The molecule has 0 saturated carbocycles. The Morgan fingerprint density at radius 2 is 1.94 bits per heavy atom. The summed E-state index contributed by atoms with van der Waals surface area (Å²) in [6.45, 7) is 1.20. The van der Waals surface area contributed by atoms with Gasteiger partial charge >= 0.3 is 11.4 Å². The number of para-hydroxylation sites is 1. The van der Waals surface area contributed by atoms with E-state index in [1.54, 1.807) is 24.3 Å². The van der Waals surface area contributed by atoms with Crippen LogP contribution in [0.4, 0.5) is 0 Å². The van der Waals surface area contributed by atoms with Crippen LogP contribution in [0, 0.1) is 0 Å². The lowest BCUT2D eigenvalue weighted by atomic mass is 10.2. The van der Waals surface area contributed by atoms with E-state index >= 15 is 0 Å². The van der Waals surface area contributed by atoms with Crippen molar-refractivity contribution in [3.8, 4) is 0 Å². The zero-order chi connectivity index (χ0) is 12.4. The molecule has 17 heavy (non-hydrogen) atoms. The van der Waals surface area contributed by atoms with Crippen LogP contribution >= 0.6 is 0 Å². The van der Waals surface area contributed by atoms with Crippen molar-refractivity contribution in [2.45, 2.75) is 6.54 Å². The minimum atomic E-state index is -0.601. The van der Waals surface area contributed by atoms with Gasteiger partial charge in [-0.2, -0.15) is 0 Å². The Balaban J connectivity index is 2.61. The van der Waals surface area contributed by atoms with Crippen LogP contribution in [0.3, 0.4) is 0 Å². The summed E-state index contributed by atoms with van der Waals surface area (Å²) in [6, 6.07) is 6.96. The van der Waals surface area contributed by atoms with Gasteiger partial charge in [-0.25, -0.2) is 9.59 Å². The molecule has 0 spiro atoms. The molecule has 0 aliphatic rings. The van der Waals surface area contributed by atoms with Crippen LogP contribution in [-0.4, -0.2) is 30.1 Å². The van der Waals surface area contributed by atoms with Crippen molar-refractivity contribution in [2.24, 2.45) is 0 Å². The molecule has 0 aliphatic carbocycles. The molecule has 0 N–H and O–H groups in total. The number of hydrogen-bond acceptors (Lipinski definition) is 4. The molecule has 5 nitrogen and oxygen atoms in total. The Kier molecular flexibility index (Phi) is 3.10. The highest BCUT2D eigenvalue weighted by atomic mass is 16.4. The lowest BCUT2D eigenvalue weighted by Gasteiger charge is -2.12. The molecule has 1 aromatic carbocycles. The molecule has 0 aliphatic heterocycles. The normalized spacial score (nSPS) is 11.2. The third-order valence-electron chi connectivity index (χ3n) is 2.59. The van der Waals surface area contributed by atoms with Crippen LogP contribution in [0.15, 0.2) is 38.3 Å². The quantitative estimate of drug-likeness (QED) is 0.776. The zero-order valence-corrected chi connectivity index (χ0v) is 9.84. The van der Waals surface area contributed by atoms with Crippen LogP contribution in [0.2, 0.25) is 0 Å². The lowest BCUT2D eigenvalue weighted by Crippen LogP contribution is -2.29.